The quantitative estimate of drug-likeness (QED) is 0.857. The van der Waals surface area contributed by atoms with E-state index in [4.69, 9.17) is 4.52 Å². The van der Waals surface area contributed by atoms with Crippen LogP contribution in [-0.4, -0.2) is 44.0 Å². The summed E-state index contributed by atoms with van der Waals surface area (Å²) >= 11 is 1.68. The van der Waals surface area contributed by atoms with Gasteiger partial charge in [0.1, 0.15) is 5.54 Å². The Balaban J connectivity index is 1.54. The van der Waals surface area contributed by atoms with Crippen LogP contribution in [0, 0.1) is 6.92 Å². The van der Waals surface area contributed by atoms with Gasteiger partial charge < -0.3 is 9.84 Å². The van der Waals surface area contributed by atoms with Crippen molar-refractivity contribution < 1.29 is 14.1 Å². The van der Waals surface area contributed by atoms with Gasteiger partial charge in [-0.3, -0.25) is 9.69 Å². The van der Waals surface area contributed by atoms with Gasteiger partial charge in [0.15, 0.2) is 5.82 Å². The SMILES string of the molecule is Cc1cccc(-c2nc(CN3C(=O)N[C@@]4(CCSC4)C3=O)no2)c1. The second-order valence-electron chi connectivity index (χ2n) is 6.09. The van der Waals surface area contributed by atoms with Crippen LogP contribution < -0.4 is 5.32 Å². The lowest BCUT2D eigenvalue weighted by atomic mass is 9.99. The van der Waals surface area contributed by atoms with Gasteiger partial charge in [0.05, 0.1) is 6.54 Å². The third kappa shape index (κ3) is 2.47. The molecule has 24 heavy (non-hydrogen) atoms. The zero-order valence-electron chi connectivity index (χ0n) is 13.1. The molecule has 1 N–H and O–H groups in total. The molecule has 0 unspecified atom stereocenters. The molecule has 1 spiro atoms. The molecule has 0 saturated carbocycles. The first-order chi connectivity index (χ1) is 11.6. The summed E-state index contributed by atoms with van der Waals surface area (Å²) in [5.41, 5.74) is 1.15. The molecule has 3 heterocycles. The van der Waals surface area contributed by atoms with E-state index >= 15 is 0 Å². The average molecular weight is 344 g/mol. The molecule has 2 fully saturated rings. The Labute approximate surface area is 142 Å². The van der Waals surface area contributed by atoms with E-state index in [1.165, 1.54) is 4.90 Å². The Bertz CT molecular complexity index is 813. The van der Waals surface area contributed by atoms with E-state index in [1.807, 2.05) is 31.2 Å². The number of hydrogen-bond acceptors (Lipinski definition) is 6. The third-order valence-corrected chi connectivity index (χ3v) is 5.49. The fraction of sp³-hybridized carbons (Fsp3) is 0.375. The Kier molecular flexibility index (Phi) is 3.56. The van der Waals surface area contributed by atoms with Gasteiger partial charge in [-0.05, 0) is 31.2 Å². The Hall–Kier alpha value is -2.35. The van der Waals surface area contributed by atoms with Crippen LogP contribution in [0.5, 0.6) is 0 Å². The van der Waals surface area contributed by atoms with Crippen molar-refractivity contribution in [1.82, 2.24) is 20.4 Å². The summed E-state index contributed by atoms with van der Waals surface area (Å²) in [5, 5.41) is 6.73. The second kappa shape index (κ2) is 5.62. The van der Waals surface area contributed by atoms with Crippen molar-refractivity contribution in [3.05, 3.63) is 35.7 Å². The average Bonchev–Trinajstić information content (AvgIpc) is 3.26. The number of rotatable bonds is 3. The minimum Gasteiger partial charge on any atom is -0.334 e. The summed E-state index contributed by atoms with van der Waals surface area (Å²) in [6, 6.07) is 7.32. The summed E-state index contributed by atoms with van der Waals surface area (Å²) in [6.45, 7) is 2.00. The van der Waals surface area contributed by atoms with Crippen LogP contribution in [0.3, 0.4) is 0 Å². The van der Waals surface area contributed by atoms with Gasteiger partial charge in [0.2, 0.25) is 0 Å². The van der Waals surface area contributed by atoms with E-state index in [2.05, 4.69) is 15.5 Å². The van der Waals surface area contributed by atoms with Crippen molar-refractivity contribution in [2.75, 3.05) is 11.5 Å². The lowest BCUT2D eigenvalue weighted by Crippen LogP contribution is -2.46. The smallest absolute Gasteiger partial charge is 0.325 e. The lowest BCUT2D eigenvalue weighted by Gasteiger charge is -2.18. The summed E-state index contributed by atoms with van der Waals surface area (Å²) in [5.74, 6) is 2.00. The molecule has 0 radical (unpaired) electrons. The molecule has 4 rings (SSSR count). The number of nitrogens with zero attached hydrogens (tertiary/aromatic N) is 3. The standard InChI is InChI=1S/C16H16N4O3S/c1-10-3-2-4-11(7-10)13-17-12(19-23-13)8-20-14(21)16(18-15(20)22)5-6-24-9-16/h2-4,7H,5-6,8-9H2,1H3,(H,18,22)/t16-/m1/s1. The first-order valence-electron chi connectivity index (χ1n) is 7.69. The largest absolute Gasteiger partial charge is 0.334 e. The Morgan fingerprint density at radius 1 is 1.42 bits per heavy atom. The van der Waals surface area contributed by atoms with Crippen molar-refractivity contribution in [2.24, 2.45) is 0 Å². The highest BCUT2D eigenvalue weighted by Crippen LogP contribution is 2.33. The number of thioether (sulfide) groups is 1. The lowest BCUT2D eigenvalue weighted by molar-refractivity contribution is -0.131. The number of aryl methyl sites for hydroxylation is 1. The maximum absolute atomic E-state index is 12.6. The fourth-order valence-corrected chi connectivity index (χ4v) is 4.33. The van der Waals surface area contributed by atoms with Crippen molar-refractivity contribution in [3.63, 3.8) is 0 Å². The van der Waals surface area contributed by atoms with Crippen LogP contribution in [0.25, 0.3) is 11.5 Å². The molecule has 1 aromatic heterocycles. The molecular weight excluding hydrogens is 328 g/mol. The first kappa shape index (κ1) is 15.2. The zero-order valence-corrected chi connectivity index (χ0v) is 13.9. The highest BCUT2D eigenvalue weighted by atomic mass is 32.2. The maximum Gasteiger partial charge on any atom is 0.325 e. The number of imide groups is 1. The summed E-state index contributed by atoms with van der Waals surface area (Å²) in [4.78, 5) is 30.3. The van der Waals surface area contributed by atoms with E-state index in [1.54, 1.807) is 11.8 Å². The predicted molar refractivity (Wildman–Crippen MR) is 88.2 cm³/mol. The monoisotopic (exact) mass is 344 g/mol. The van der Waals surface area contributed by atoms with Gasteiger partial charge in [0, 0.05) is 11.3 Å². The van der Waals surface area contributed by atoms with Crippen molar-refractivity contribution in [3.8, 4) is 11.5 Å². The molecule has 1 aromatic carbocycles. The number of benzene rings is 1. The molecule has 2 aliphatic heterocycles. The van der Waals surface area contributed by atoms with Gasteiger partial charge in [0.25, 0.3) is 11.8 Å². The highest BCUT2D eigenvalue weighted by Gasteiger charge is 2.53. The third-order valence-electron chi connectivity index (χ3n) is 4.30. The summed E-state index contributed by atoms with van der Waals surface area (Å²) in [7, 11) is 0. The molecular formula is C16H16N4O3S. The highest BCUT2D eigenvalue weighted by molar-refractivity contribution is 7.99. The first-order valence-corrected chi connectivity index (χ1v) is 8.84. The molecule has 2 saturated heterocycles. The van der Waals surface area contributed by atoms with E-state index < -0.39 is 5.54 Å². The zero-order chi connectivity index (χ0) is 16.7. The van der Waals surface area contributed by atoms with Crippen LogP contribution in [0.2, 0.25) is 0 Å². The van der Waals surface area contributed by atoms with E-state index in [9.17, 15) is 9.59 Å². The fourth-order valence-electron chi connectivity index (χ4n) is 3.01. The number of carbonyl (C=O) groups is 2. The molecule has 7 nitrogen and oxygen atoms in total. The second-order valence-corrected chi connectivity index (χ2v) is 7.20. The van der Waals surface area contributed by atoms with E-state index in [0.29, 0.717) is 23.9 Å². The molecule has 0 aliphatic carbocycles. The van der Waals surface area contributed by atoms with Crippen LogP contribution in [0.4, 0.5) is 4.79 Å². The molecule has 124 valence electrons. The minimum atomic E-state index is -0.745. The van der Waals surface area contributed by atoms with E-state index in [0.717, 1.165) is 16.9 Å². The topological polar surface area (TPSA) is 88.3 Å². The Morgan fingerprint density at radius 2 is 2.29 bits per heavy atom. The van der Waals surface area contributed by atoms with Gasteiger partial charge >= 0.3 is 6.03 Å². The molecule has 3 amide bonds. The molecule has 2 aliphatic rings. The number of aromatic nitrogens is 2. The number of hydrogen-bond donors (Lipinski definition) is 1. The molecule has 8 heteroatoms. The summed E-state index contributed by atoms with van der Waals surface area (Å²) in [6.07, 6.45) is 0.666. The maximum atomic E-state index is 12.6. The van der Waals surface area contributed by atoms with Gasteiger partial charge in [-0.15, -0.1) is 0 Å². The number of nitrogens with one attached hydrogen (secondary N) is 1. The van der Waals surface area contributed by atoms with Gasteiger partial charge in [-0.2, -0.15) is 16.7 Å². The van der Waals surface area contributed by atoms with Crippen LogP contribution >= 0.6 is 11.8 Å². The van der Waals surface area contributed by atoms with Crippen molar-refractivity contribution in [2.45, 2.75) is 25.4 Å². The van der Waals surface area contributed by atoms with Crippen molar-refractivity contribution >= 4 is 23.7 Å². The number of carbonyl (C=O) groups excluding carboxylic acids is 2. The normalized spacial score (nSPS) is 23.3. The summed E-state index contributed by atoms with van der Waals surface area (Å²) < 4.78 is 5.27. The van der Waals surface area contributed by atoms with Crippen molar-refractivity contribution in [1.29, 1.82) is 0 Å². The van der Waals surface area contributed by atoms with Gasteiger partial charge in [-0.1, -0.05) is 22.9 Å². The number of urea groups is 1. The predicted octanol–water partition coefficient (Wildman–Crippen LogP) is 1.97. The van der Waals surface area contributed by atoms with E-state index in [-0.39, 0.29) is 18.5 Å². The van der Waals surface area contributed by atoms with Gasteiger partial charge in [-0.25, -0.2) is 4.79 Å². The van der Waals surface area contributed by atoms with Crippen LogP contribution in [0.15, 0.2) is 28.8 Å². The van der Waals surface area contributed by atoms with Crippen LogP contribution in [-0.2, 0) is 11.3 Å². The molecule has 1 atom stereocenters. The number of amides is 3. The minimum absolute atomic E-state index is 0.0202. The molecule has 0 bridgehead atoms. The molecule has 2 aromatic rings. The Morgan fingerprint density at radius 3 is 3.04 bits per heavy atom. The van der Waals surface area contributed by atoms with Crippen LogP contribution in [0.1, 0.15) is 17.8 Å².